The molecule has 0 aliphatic rings. The molecule has 26 heavy (non-hydrogen) atoms. The second kappa shape index (κ2) is 7.49. The number of nitrogens with one attached hydrogen (secondary N) is 1. The highest BCUT2D eigenvalue weighted by Gasteiger charge is 2.13. The van der Waals surface area contributed by atoms with Gasteiger partial charge in [-0.25, -0.2) is 8.78 Å². The molecule has 0 saturated heterocycles. The zero-order valence-electron chi connectivity index (χ0n) is 13.4. The van der Waals surface area contributed by atoms with Gasteiger partial charge in [-0.3, -0.25) is 9.59 Å². The van der Waals surface area contributed by atoms with Crippen molar-refractivity contribution in [2.24, 2.45) is 0 Å². The fraction of sp³-hybridized carbons (Fsp3) is 0.0526. The van der Waals surface area contributed by atoms with Crippen molar-refractivity contribution in [1.82, 2.24) is 4.57 Å². The van der Waals surface area contributed by atoms with Crippen LogP contribution in [0.4, 0.5) is 14.5 Å². The topological polar surface area (TPSA) is 51.1 Å². The fourth-order valence-corrected chi connectivity index (χ4v) is 2.62. The van der Waals surface area contributed by atoms with Gasteiger partial charge in [0.25, 0.3) is 11.5 Å². The summed E-state index contributed by atoms with van der Waals surface area (Å²) in [5, 5.41) is 2.36. The predicted molar refractivity (Wildman–Crippen MR) is 95.6 cm³/mol. The Morgan fingerprint density at radius 2 is 1.88 bits per heavy atom. The van der Waals surface area contributed by atoms with E-state index in [1.54, 1.807) is 18.2 Å². The first-order chi connectivity index (χ1) is 12.4. The Hall–Kier alpha value is -2.99. The molecule has 132 valence electrons. The summed E-state index contributed by atoms with van der Waals surface area (Å²) in [6.45, 7) is 0.125. The average Bonchev–Trinajstić information content (AvgIpc) is 2.60. The van der Waals surface area contributed by atoms with Crippen molar-refractivity contribution in [2.75, 3.05) is 5.32 Å². The van der Waals surface area contributed by atoms with Crippen LogP contribution in [0.1, 0.15) is 15.9 Å². The van der Waals surface area contributed by atoms with Gasteiger partial charge < -0.3 is 9.88 Å². The highest BCUT2D eigenvalue weighted by Crippen LogP contribution is 2.19. The van der Waals surface area contributed by atoms with Gasteiger partial charge in [-0.1, -0.05) is 23.7 Å². The van der Waals surface area contributed by atoms with Crippen LogP contribution in [0, 0.1) is 11.6 Å². The molecule has 0 fully saturated rings. The molecule has 1 amide bonds. The Bertz CT molecular complexity index is 1030. The van der Waals surface area contributed by atoms with Crippen LogP contribution in [0.25, 0.3) is 0 Å². The summed E-state index contributed by atoms with van der Waals surface area (Å²) in [5.74, 6) is -1.66. The number of amides is 1. The molecule has 0 atom stereocenters. The third kappa shape index (κ3) is 3.97. The molecule has 1 N–H and O–H groups in total. The summed E-state index contributed by atoms with van der Waals surface area (Å²) in [4.78, 5) is 24.9. The second-order valence-electron chi connectivity index (χ2n) is 5.57. The molecule has 0 unspecified atom stereocenters. The highest BCUT2D eigenvalue weighted by molar-refractivity contribution is 6.31. The first kappa shape index (κ1) is 17.8. The Balaban J connectivity index is 1.85. The lowest BCUT2D eigenvalue weighted by Gasteiger charge is -2.09. The lowest BCUT2D eigenvalue weighted by atomic mass is 10.2. The molecule has 0 bridgehead atoms. The van der Waals surface area contributed by atoms with E-state index in [1.165, 1.54) is 41.1 Å². The molecular formula is C19H13ClF2N2O2. The maximum absolute atomic E-state index is 13.3. The van der Waals surface area contributed by atoms with Gasteiger partial charge in [0.1, 0.15) is 17.2 Å². The molecule has 3 aromatic rings. The second-order valence-corrected chi connectivity index (χ2v) is 5.98. The summed E-state index contributed by atoms with van der Waals surface area (Å²) in [5.41, 5.74) is 0.239. The van der Waals surface area contributed by atoms with Gasteiger partial charge in [0.2, 0.25) is 0 Å². The fourth-order valence-electron chi connectivity index (χ4n) is 2.44. The average molecular weight is 375 g/mol. The van der Waals surface area contributed by atoms with E-state index in [4.69, 9.17) is 11.6 Å². The van der Waals surface area contributed by atoms with Gasteiger partial charge in [-0.05, 0) is 48.0 Å². The molecule has 4 nitrogen and oxygen atoms in total. The van der Waals surface area contributed by atoms with Crippen LogP contribution in [0.3, 0.4) is 0 Å². The van der Waals surface area contributed by atoms with Crippen LogP contribution in [-0.2, 0) is 6.54 Å². The first-order valence-electron chi connectivity index (χ1n) is 7.64. The summed E-state index contributed by atoms with van der Waals surface area (Å²) in [6, 6.07) is 12.5. The van der Waals surface area contributed by atoms with Crippen molar-refractivity contribution in [2.45, 2.75) is 6.54 Å². The smallest absolute Gasteiger partial charge is 0.263 e. The summed E-state index contributed by atoms with van der Waals surface area (Å²) < 4.78 is 27.8. The van der Waals surface area contributed by atoms with Crippen molar-refractivity contribution in [1.29, 1.82) is 0 Å². The maximum Gasteiger partial charge on any atom is 0.263 e. The molecule has 1 aromatic heterocycles. The van der Waals surface area contributed by atoms with Crippen LogP contribution in [-0.4, -0.2) is 10.5 Å². The van der Waals surface area contributed by atoms with Crippen LogP contribution in [0.5, 0.6) is 0 Å². The minimum atomic E-state index is -0.647. The molecule has 1 heterocycles. The lowest BCUT2D eigenvalue weighted by molar-refractivity contribution is 0.102. The monoisotopic (exact) mass is 374 g/mol. The molecule has 2 aromatic carbocycles. The standard InChI is InChI=1S/C19H13ClF2N2O2/c20-16-10-14(6-7-17(16)22)23-18(25)15-5-2-8-24(19(15)26)11-12-3-1-4-13(21)9-12/h1-10H,11H2,(H,23,25). The van der Waals surface area contributed by atoms with E-state index in [0.717, 1.165) is 6.07 Å². The van der Waals surface area contributed by atoms with Crippen LogP contribution < -0.4 is 10.9 Å². The van der Waals surface area contributed by atoms with Crippen molar-refractivity contribution >= 4 is 23.2 Å². The number of hydrogen-bond acceptors (Lipinski definition) is 2. The molecule has 7 heteroatoms. The Morgan fingerprint density at radius 1 is 1.08 bits per heavy atom. The van der Waals surface area contributed by atoms with Crippen molar-refractivity contribution in [3.8, 4) is 0 Å². The summed E-state index contributed by atoms with van der Waals surface area (Å²) in [7, 11) is 0. The van der Waals surface area contributed by atoms with Gasteiger partial charge in [-0.15, -0.1) is 0 Å². The van der Waals surface area contributed by atoms with Crippen LogP contribution in [0.2, 0.25) is 5.02 Å². The van der Waals surface area contributed by atoms with E-state index in [-0.39, 0.29) is 22.8 Å². The number of aromatic nitrogens is 1. The van der Waals surface area contributed by atoms with Gasteiger partial charge in [0.15, 0.2) is 0 Å². The van der Waals surface area contributed by atoms with Gasteiger partial charge in [-0.2, -0.15) is 0 Å². The van der Waals surface area contributed by atoms with Crippen molar-refractivity contribution in [3.05, 3.63) is 98.9 Å². The minimum absolute atomic E-state index is 0.0932. The maximum atomic E-state index is 13.3. The highest BCUT2D eigenvalue weighted by atomic mass is 35.5. The van der Waals surface area contributed by atoms with Crippen LogP contribution >= 0.6 is 11.6 Å². The number of anilines is 1. The Labute approximate surface area is 152 Å². The van der Waals surface area contributed by atoms with Gasteiger partial charge in [0, 0.05) is 11.9 Å². The van der Waals surface area contributed by atoms with E-state index in [9.17, 15) is 18.4 Å². The zero-order chi connectivity index (χ0) is 18.7. The largest absolute Gasteiger partial charge is 0.322 e. The number of pyridine rings is 1. The third-order valence-corrected chi connectivity index (χ3v) is 3.97. The lowest BCUT2D eigenvalue weighted by Crippen LogP contribution is -2.29. The molecule has 3 rings (SSSR count). The van der Waals surface area contributed by atoms with E-state index < -0.39 is 23.1 Å². The quantitative estimate of drug-likeness (QED) is 0.748. The molecular weight excluding hydrogens is 362 g/mol. The number of nitrogens with zero attached hydrogens (tertiary/aromatic N) is 1. The van der Waals surface area contributed by atoms with E-state index in [2.05, 4.69) is 5.32 Å². The van der Waals surface area contributed by atoms with E-state index in [1.807, 2.05) is 0 Å². The van der Waals surface area contributed by atoms with Crippen LogP contribution in [0.15, 0.2) is 65.6 Å². The number of carbonyl (C=O) groups is 1. The Kier molecular flexibility index (Phi) is 5.14. The SMILES string of the molecule is O=C(Nc1ccc(F)c(Cl)c1)c1cccn(Cc2cccc(F)c2)c1=O. The number of hydrogen-bond donors (Lipinski definition) is 1. The molecule has 0 radical (unpaired) electrons. The minimum Gasteiger partial charge on any atom is -0.322 e. The predicted octanol–water partition coefficient (Wildman–Crippen LogP) is 4.08. The number of benzene rings is 2. The molecule has 0 aliphatic carbocycles. The first-order valence-corrected chi connectivity index (χ1v) is 8.02. The third-order valence-electron chi connectivity index (χ3n) is 3.68. The van der Waals surface area contributed by atoms with Gasteiger partial charge in [0.05, 0.1) is 11.6 Å². The summed E-state index contributed by atoms with van der Waals surface area (Å²) >= 11 is 5.68. The number of halogens is 3. The van der Waals surface area contributed by atoms with Crippen molar-refractivity contribution < 1.29 is 13.6 Å². The molecule has 0 spiro atoms. The van der Waals surface area contributed by atoms with E-state index >= 15 is 0 Å². The van der Waals surface area contributed by atoms with Crippen molar-refractivity contribution in [3.63, 3.8) is 0 Å². The molecule has 0 aliphatic heterocycles. The molecule has 0 saturated carbocycles. The van der Waals surface area contributed by atoms with Gasteiger partial charge >= 0.3 is 0 Å². The number of rotatable bonds is 4. The van der Waals surface area contributed by atoms with E-state index in [0.29, 0.717) is 5.56 Å². The normalized spacial score (nSPS) is 10.6. The number of carbonyl (C=O) groups excluding carboxylic acids is 1. The Morgan fingerprint density at radius 3 is 2.62 bits per heavy atom. The summed E-state index contributed by atoms with van der Waals surface area (Å²) in [6.07, 6.45) is 1.51. The zero-order valence-corrected chi connectivity index (χ0v) is 14.1.